The van der Waals surface area contributed by atoms with Crippen LogP contribution in [0.1, 0.15) is 17.2 Å². The summed E-state index contributed by atoms with van der Waals surface area (Å²) in [6.07, 6.45) is 0. The predicted octanol–water partition coefficient (Wildman–Crippen LogP) is 4.86. The van der Waals surface area contributed by atoms with Crippen LogP contribution >= 0.6 is 0 Å². The molecule has 5 rings (SSSR count). The van der Waals surface area contributed by atoms with E-state index in [4.69, 9.17) is 9.47 Å². The van der Waals surface area contributed by atoms with E-state index in [0.717, 1.165) is 11.1 Å². The van der Waals surface area contributed by atoms with Crippen molar-refractivity contribution in [3.05, 3.63) is 114 Å². The summed E-state index contributed by atoms with van der Waals surface area (Å²) in [7, 11) is 3.16. The quantitative estimate of drug-likeness (QED) is 0.274. The van der Waals surface area contributed by atoms with Crippen LogP contribution in [-0.4, -0.2) is 45.9 Å². The fourth-order valence-electron chi connectivity index (χ4n) is 4.50. The molecule has 0 aliphatic carbocycles. The minimum absolute atomic E-state index is 0.0875. The summed E-state index contributed by atoms with van der Waals surface area (Å²) in [4.78, 5) is 29.6. The Balaban J connectivity index is 1.53. The number of rotatable bonds is 10. The van der Waals surface area contributed by atoms with Crippen LogP contribution in [0, 0.1) is 0 Å². The summed E-state index contributed by atoms with van der Waals surface area (Å²) < 4.78 is 12.1. The number of carbonyl (C=O) groups excluding carboxylic acids is 2. The molecule has 5 aromatic rings. The van der Waals surface area contributed by atoms with Crippen molar-refractivity contribution in [2.24, 2.45) is 0 Å². The highest BCUT2D eigenvalue weighted by molar-refractivity contribution is 5.98. The van der Waals surface area contributed by atoms with Gasteiger partial charge in [0.1, 0.15) is 29.6 Å². The molecule has 0 spiro atoms. The van der Waals surface area contributed by atoms with E-state index in [1.165, 1.54) is 0 Å². The van der Waals surface area contributed by atoms with Gasteiger partial charge in [0.05, 0.1) is 19.7 Å². The van der Waals surface area contributed by atoms with Gasteiger partial charge in [-0.15, -0.1) is 5.10 Å². The molecule has 0 bridgehead atoms. The summed E-state index contributed by atoms with van der Waals surface area (Å²) in [5, 5.41) is 11.4. The lowest BCUT2D eigenvalue weighted by Gasteiger charge is -2.31. The number of carbonyl (C=O) groups is 2. The monoisotopic (exact) mass is 535 g/mol. The first-order chi connectivity index (χ1) is 19.6. The summed E-state index contributed by atoms with van der Waals surface area (Å²) in [6.45, 7) is 0.120. The number of para-hydroxylation sites is 1. The van der Waals surface area contributed by atoms with Gasteiger partial charge < -0.3 is 19.7 Å². The van der Waals surface area contributed by atoms with E-state index in [-0.39, 0.29) is 24.9 Å². The molecule has 40 heavy (non-hydrogen) atoms. The molecule has 0 saturated carbocycles. The van der Waals surface area contributed by atoms with Crippen molar-refractivity contribution in [3.8, 4) is 11.5 Å². The molecular weight excluding hydrogens is 506 g/mol. The van der Waals surface area contributed by atoms with Crippen LogP contribution in [0.15, 0.2) is 103 Å². The molecule has 0 unspecified atom stereocenters. The molecule has 0 radical (unpaired) electrons. The van der Waals surface area contributed by atoms with E-state index in [1.54, 1.807) is 72.3 Å². The van der Waals surface area contributed by atoms with Gasteiger partial charge in [-0.2, -0.15) is 0 Å². The number of nitrogens with one attached hydrogen (secondary N) is 1. The Morgan fingerprint density at radius 1 is 0.825 bits per heavy atom. The molecule has 9 nitrogen and oxygen atoms in total. The van der Waals surface area contributed by atoms with Crippen LogP contribution in [-0.2, 0) is 22.7 Å². The standard InChI is InChI=1S/C31H29N5O4/c1-39-25-16-12-23(13-17-25)30(31(38)32-24-14-18-26(40-2)19-15-24)35(20-22-8-4-3-5-9-22)29(37)21-36-28-11-7-6-10-27(28)33-34-36/h3-19,30H,20-21H2,1-2H3,(H,32,38)/t30-/m0/s1. The minimum Gasteiger partial charge on any atom is -0.497 e. The Kier molecular flexibility index (Phi) is 8.01. The van der Waals surface area contributed by atoms with Crippen molar-refractivity contribution in [3.63, 3.8) is 0 Å². The number of aromatic nitrogens is 3. The number of methoxy groups -OCH3 is 2. The van der Waals surface area contributed by atoms with E-state index < -0.39 is 6.04 Å². The van der Waals surface area contributed by atoms with Gasteiger partial charge in [0.25, 0.3) is 5.91 Å². The van der Waals surface area contributed by atoms with E-state index in [2.05, 4.69) is 15.6 Å². The second kappa shape index (κ2) is 12.1. The van der Waals surface area contributed by atoms with Gasteiger partial charge in [-0.25, -0.2) is 4.68 Å². The third-order valence-electron chi connectivity index (χ3n) is 6.57. The smallest absolute Gasteiger partial charge is 0.251 e. The first kappa shape index (κ1) is 26.4. The topological polar surface area (TPSA) is 98.6 Å². The highest BCUT2D eigenvalue weighted by Crippen LogP contribution is 2.28. The maximum Gasteiger partial charge on any atom is 0.251 e. The lowest BCUT2D eigenvalue weighted by molar-refractivity contribution is -0.140. The molecule has 1 atom stereocenters. The number of hydrogen-bond donors (Lipinski definition) is 1. The Morgan fingerprint density at radius 2 is 1.45 bits per heavy atom. The first-order valence-corrected chi connectivity index (χ1v) is 12.8. The van der Waals surface area contributed by atoms with Crippen molar-refractivity contribution in [2.45, 2.75) is 19.1 Å². The average Bonchev–Trinajstić information content (AvgIpc) is 3.40. The fourth-order valence-corrected chi connectivity index (χ4v) is 4.50. The van der Waals surface area contributed by atoms with Crippen LogP contribution < -0.4 is 14.8 Å². The van der Waals surface area contributed by atoms with E-state index in [0.29, 0.717) is 28.3 Å². The fraction of sp³-hybridized carbons (Fsp3) is 0.161. The summed E-state index contributed by atoms with van der Waals surface area (Å²) >= 11 is 0. The number of fused-ring (bicyclic) bond motifs is 1. The zero-order chi connectivity index (χ0) is 27.9. The number of nitrogens with zero attached hydrogens (tertiary/aromatic N) is 4. The van der Waals surface area contributed by atoms with Gasteiger partial charge in [-0.3, -0.25) is 9.59 Å². The van der Waals surface area contributed by atoms with E-state index in [9.17, 15) is 9.59 Å². The van der Waals surface area contributed by atoms with Gasteiger partial charge in [0.2, 0.25) is 5.91 Å². The molecule has 4 aromatic carbocycles. The second-order valence-corrected chi connectivity index (χ2v) is 9.14. The second-order valence-electron chi connectivity index (χ2n) is 9.14. The van der Waals surface area contributed by atoms with Crippen LogP contribution in [0.5, 0.6) is 11.5 Å². The number of anilines is 1. The van der Waals surface area contributed by atoms with Crippen molar-refractivity contribution >= 4 is 28.5 Å². The molecule has 202 valence electrons. The molecule has 0 aliphatic rings. The lowest BCUT2D eigenvalue weighted by Crippen LogP contribution is -2.42. The summed E-state index contributed by atoms with van der Waals surface area (Å²) in [5.74, 6) is 0.673. The molecule has 0 saturated heterocycles. The van der Waals surface area contributed by atoms with Gasteiger partial charge in [-0.05, 0) is 59.7 Å². The van der Waals surface area contributed by atoms with Gasteiger partial charge in [-0.1, -0.05) is 59.8 Å². The Labute approximate surface area is 231 Å². The third-order valence-corrected chi connectivity index (χ3v) is 6.57. The zero-order valence-corrected chi connectivity index (χ0v) is 22.2. The number of benzene rings is 4. The van der Waals surface area contributed by atoms with Crippen molar-refractivity contribution < 1.29 is 19.1 Å². The minimum atomic E-state index is -0.949. The molecule has 2 amide bonds. The molecule has 1 aromatic heterocycles. The van der Waals surface area contributed by atoms with Crippen molar-refractivity contribution in [1.29, 1.82) is 0 Å². The Hall–Kier alpha value is -5.18. The predicted molar refractivity (Wildman–Crippen MR) is 152 cm³/mol. The SMILES string of the molecule is COc1ccc(NC(=O)[C@H](c2ccc(OC)cc2)N(Cc2ccccc2)C(=O)Cn2nnc3ccccc32)cc1. The van der Waals surface area contributed by atoms with Crippen LogP contribution in [0.4, 0.5) is 5.69 Å². The van der Waals surface area contributed by atoms with E-state index in [1.807, 2.05) is 54.6 Å². The van der Waals surface area contributed by atoms with Crippen LogP contribution in [0.25, 0.3) is 11.0 Å². The van der Waals surface area contributed by atoms with Crippen LogP contribution in [0.2, 0.25) is 0 Å². The lowest BCUT2D eigenvalue weighted by atomic mass is 10.0. The van der Waals surface area contributed by atoms with Gasteiger partial charge in [0.15, 0.2) is 0 Å². The highest BCUT2D eigenvalue weighted by atomic mass is 16.5. The highest BCUT2D eigenvalue weighted by Gasteiger charge is 2.32. The Bertz CT molecular complexity index is 1580. The number of ether oxygens (including phenoxy) is 2. The normalized spacial score (nSPS) is 11.6. The average molecular weight is 536 g/mol. The third kappa shape index (κ3) is 5.94. The number of hydrogen-bond acceptors (Lipinski definition) is 6. The Morgan fingerprint density at radius 3 is 2.12 bits per heavy atom. The molecule has 0 fully saturated rings. The van der Waals surface area contributed by atoms with E-state index >= 15 is 0 Å². The summed E-state index contributed by atoms with van der Waals surface area (Å²) in [6, 6.07) is 30.3. The van der Waals surface area contributed by atoms with Crippen LogP contribution in [0.3, 0.4) is 0 Å². The molecule has 1 N–H and O–H groups in total. The number of amides is 2. The molecule has 9 heteroatoms. The molecule has 0 aliphatic heterocycles. The molecular formula is C31H29N5O4. The largest absolute Gasteiger partial charge is 0.497 e. The zero-order valence-electron chi connectivity index (χ0n) is 22.2. The van der Waals surface area contributed by atoms with Crippen molar-refractivity contribution in [1.82, 2.24) is 19.9 Å². The maximum atomic E-state index is 14.1. The van der Waals surface area contributed by atoms with Gasteiger partial charge >= 0.3 is 0 Å². The van der Waals surface area contributed by atoms with Gasteiger partial charge in [0, 0.05) is 12.2 Å². The molecule has 1 heterocycles. The summed E-state index contributed by atoms with van der Waals surface area (Å²) in [5.41, 5.74) is 3.53. The maximum absolute atomic E-state index is 14.1. The van der Waals surface area contributed by atoms with Crippen molar-refractivity contribution in [2.75, 3.05) is 19.5 Å². The first-order valence-electron chi connectivity index (χ1n) is 12.8.